The van der Waals surface area contributed by atoms with Crippen LogP contribution in [0.15, 0.2) is 24.5 Å². The summed E-state index contributed by atoms with van der Waals surface area (Å²) in [5.41, 5.74) is 0. The van der Waals surface area contributed by atoms with Gasteiger partial charge in [-0.05, 0) is 19.1 Å². The third kappa shape index (κ3) is 1.07. The largest absolute Gasteiger partial charge is 0.295 e. The van der Waals surface area contributed by atoms with E-state index in [1.165, 1.54) is 5.00 Å². The van der Waals surface area contributed by atoms with Gasteiger partial charge in [-0.2, -0.15) is 0 Å². The molecule has 0 saturated heterocycles. The third-order valence-electron chi connectivity index (χ3n) is 1.52. The first kappa shape index (κ1) is 6.61. The highest BCUT2D eigenvalue weighted by Gasteiger charge is 1.98. The second kappa shape index (κ2) is 2.51. The van der Waals surface area contributed by atoms with Crippen LogP contribution in [0.3, 0.4) is 0 Å². The molecule has 0 unspecified atom stereocenters. The average Bonchev–Trinajstić information content (AvgIpc) is 2.55. The number of imidazole rings is 1. The van der Waals surface area contributed by atoms with E-state index < -0.39 is 0 Å². The van der Waals surface area contributed by atoms with Crippen LogP contribution in [0.5, 0.6) is 0 Å². The van der Waals surface area contributed by atoms with Gasteiger partial charge in [0.2, 0.25) is 0 Å². The Morgan fingerprint density at radius 2 is 2.55 bits per heavy atom. The van der Waals surface area contributed by atoms with Gasteiger partial charge in [0.05, 0.1) is 0 Å². The lowest BCUT2D eigenvalue weighted by molar-refractivity contribution is 0.994. The van der Waals surface area contributed by atoms with Gasteiger partial charge < -0.3 is 0 Å². The topological polar surface area (TPSA) is 17.8 Å². The van der Waals surface area contributed by atoms with Gasteiger partial charge in [-0.15, -0.1) is 11.3 Å². The molecule has 0 N–H and O–H groups in total. The summed E-state index contributed by atoms with van der Waals surface area (Å²) in [6.07, 6.45) is 3.75. The fraction of sp³-hybridized carbons (Fsp3) is 0.125. The normalized spacial score (nSPS) is 10.3. The van der Waals surface area contributed by atoms with Gasteiger partial charge >= 0.3 is 0 Å². The zero-order valence-corrected chi connectivity index (χ0v) is 6.93. The van der Waals surface area contributed by atoms with Crippen LogP contribution in [0.2, 0.25) is 0 Å². The molecule has 0 aliphatic heterocycles. The maximum atomic E-state index is 4.13. The lowest BCUT2D eigenvalue weighted by Crippen LogP contribution is -1.90. The monoisotopic (exact) mass is 163 g/mol. The molecule has 2 aromatic rings. The van der Waals surface area contributed by atoms with Crippen LogP contribution in [-0.2, 0) is 0 Å². The highest BCUT2D eigenvalue weighted by molar-refractivity contribution is 7.12. The first-order chi connectivity index (χ1) is 5.38. The average molecular weight is 163 g/mol. The van der Waals surface area contributed by atoms with Crippen LogP contribution in [0.1, 0.15) is 5.82 Å². The van der Waals surface area contributed by atoms with Crippen molar-refractivity contribution in [1.29, 1.82) is 0 Å². The van der Waals surface area contributed by atoms with Gasteiger partial charge in [0.1, 0.15) is 10.8 Å². The summed E-state index contributed by atoms with van der Waals surface area (Å²) < 4.78 is 2.04. The van der Waals surface area contributed by atoms with Crippen molar-refractivity contribution >= 4 is 11.3 Å². The standard InChI is InChI=1S/C8H7N2S/c1-7-9-4-5-10(7)8-3-2-6-11-8/h2-5H,1H3. The van der Waals surface area contributed by atoms with E-state index in [0.717, 1.165) is 5.82 Å². The fourth-order valence-electron chi connectivity index (χ4n) is 0.974. The number of aromatic nitrogens is 2. The van der Waals surface area contributed by atoms with E-state index >= 15 is 0 Å². The second-order valence-corrected chi connectivity index (χ2v) is 3.09. The molecular weight excluding hydrogens is 156 g/mol. The Hall–Kier alpha value is -1.09. The van der Waals surface area contributed by atoms with Crippen LogP contribution in [0, 0.1) is 12.3 Å². The fourth-order valence-corrected chi connectivity index (χ4v) is 1.66. The molecule has 0 aromatic carbocycles. The van der Waals surface area contributed by atoms with Gasteiger partial charge in [-0.3, -0.25) is 4.57 Å². The molecule has 0 aliphatic carbocycles. The van der Waals surface area contributed by atoms with Crippen molar-refractivity contribution in [3.05, 3.63) is 35.7 Å². The van der Waals surface area contributed by atoms with E-state index in [1.807, 2.05) is 29.8 Å². The predicted molar refractivity (Wildman–Crippen MR) is 45.0 cm³/mol. The predicted octanol–water partition coefficient (Wildman–Crippen LogP) is 2.04. The zero-order valence-electron chi connectivity index (χ0n) is 6.11. The van der Waals surface area contributed by atoms with E-state index in [-0.39, 0.29) is 0 Å². The Bertz CT molecular complexity index is 335. The number of aryl methyl sites for hydroxylation is 1. The summed E-state index contributed by atoms with van der Waals surface area (Å²) in [4.78, 5) is 4.13. The molecule has 2 nitrogen and oxygen atoms in total. The van der Waals surface area contributed by atoms with Crippen molar-refractivity contribution in [2.45, 2.75) is 6.92 Å². The molecule has 0 spiro atoms. The van der Waals surface area contributed by atoms with Crippen molar-refractivity contribution in [2.24, 2.45) is 0 Å². The molecule has 0 bridgehead atoms. The second-order valence-electron chi connectivity index (χ2n) is 2.24. The quantitative estimate of drug-likeness (QED) is 0.629. The minimum Gasteiger partial charge on any atom is -0.295 e. The SMILES string of the molecule is Cc1nccn1-c1cc[c]s1. The molecule has 11 heavy (non-hydrogen) atoms. The smallest absolute Gasteiger partial charge is 0.110 e. The Balaban J connectivity index is 2.53. The molecule has 1 radical (unpaired) electrons. The highest BCUT2D eigenvalue weighted by atomic mass is 32.1. The maximum absolute atomic E-state index is 4.13. The summed E-state index contributed by atoms with van der Waals surface area (Å²) in [7, 11) is 0. The van der Waals surface area contributed by atoms with Gasteiger partial charge in [-0.25, -0.2) is 4.98 Å². The van der Waals surface area contributed by atoms with Crippen LogP contribution in [0.4, 0.5) is 0 Å². The lowest BCUT2D eigenvalue weighted by Gasteiger charge is -1.97. The molecule has 0 atom stereocenters. The van der Waals surface area contributed by atoms with Crippen molar-refractivity contribution in [3.8, 4) is 5.00 Å². The van der Waals surface area contributed by atoms with E-state index in [1.54, 1.807) is 17.5 Å². The summed E-state index contributed by atoms with van der Waals surface area (Å²) in [6.45, 7) is 1.99. The van der Waals surface area contributed by atoms with Crippen molar-refractivity contribution in [2.75, 3.05) is 0 Å². The Morgan fingerprint density at radius 1 is 1.64 bits per heavy atom. The third-order valence-corrected chi connectivity index (χ3v) is 2.32. The molecular formula is C8H7N2S. The van der Waals surface area contributed by atoms with Crippen molar-refractivity contribution in [1.82, 2.24) is 9.55 Å². The number of rotatable bonds is 1. The Labute approximate surface area is 69.1 Å². The van der Waals surface area contributed by atoms with Crippen LogP contribution in [-0.4, -0.2) is 9.55 Å². The number of hydrogen-bond acceptors (Lipinski definition) is 2. The van der Waals surface area contributed by atoms with Gasteiger partial charge in [0.15, 0.2) is 0 Å². The van der Waals surface area contributed by atoms with E-state index in [0.29, 0.717) is 0 Å². The minimum absolute atomic E-state index is 1.01. The molecule has 0 aliphatic rings. The highest BCUT2D eigenvalue weighted by Crippen LogP contribution is 2.15. The molecule has 55 valence electrons. The van der Waals surface area contributed by atoms with Crippen LogP contribution < -0.4 is 0 Å². The van der Waals surface area contributed by atoms with Gasteiger partial charge in [-0.1, -0.05) is 0 Å². The van der Waals surface area contributed by atoms with Gasteiger partial charge in [0, 0.05) is 17.8 Å². The number of thiophene rings is 1. The van der Waals surface area contributed by atoms with E-state index in [9.17, 15) is 0 Å². The Kier molecular flexibility index (Phi) is 1.51. The van der Waals surface area contributed by atoms with E-state index in [4.69, 9.17) is 0 Å². The summed E-state index contributed by atoms with van der Waals surface area (Å²) in [5, 5.41) is 4.20. The molecule has 0 saturated carbocycles. The van der Waals surface area contributed by atoms with Gasteiger partial charge in [0.25, 0.3) is 0 Å². The summed E-state index contributed by atoms with van der Waals surface area (Å²) in [6, 6.07) is 3.94. The molecule has 2 heterocycles. The van der Waals surface area contributed by atoms with Crippen LogP contribution >= 0.6 is 11.3 Å². The molecule has 0 fully saturated rings. The zero-order chi connectivity index (χ0) is 7.68. The van der Waals surface area contributed by atoms with Crippen LogP contribution in [0.25, 0.3) is 5.00 Å². The van der Waals surface area contributed by atoms with Crippen molar-refractivity contribution in [3.63, 3.8) is 0 Å². The summed E-state index contributed by atoms with van der Waals surface area (Å²) in [5.74, 6) is 1.01. The molecule has 2 rings (SSSR count). The van der Waals surface area contributed by atoms with Crippen molar-refractivity contribution < 1.29 is 0 Å². The molecule has 0 amide bonds. The summed E-state index contributed by atoms with van der Waals surface area (Å²) >= 11 is 1.59. The lowest BCUT2D eigenvalue weighted by atomic mass is 10.6. The van der Waals surface area contributed by atoms with E-state index in [2.05, 4.69) is 10.4 Å². The molecule has 3 heteroatoms. The minimum atomic E-state index is 1.01. The maximum Gasteiger partial charge on any atom is 0.110 e. The number of hydrogen-bond donors (Lipinski definition) is 0. The first-order valence-electron chi connectivity index (χ1n) is 3.34. The Morgan fingerprint density at radius 3 is 3.09 bits per heavy atom. The number of nitrogens with zero attached hydrogens (tertiary/aromatic N) is 2. The molecule has 2 aromatic heterocycles. The first-order valence-corrected chi connectivity index (χ1v) is 4.16.